The highest BCUT2D eigenvalue weighted by Gasteiger charge is 2.30. The zero-order valence-electron chi connectivity index (χ0n) is 11.0. The second-order valence-electron chi connectivity index (χ2n) is 4.72. The van der Waals surface area contributed by atoms with Gasteiger partial charge >= 0.3 is 0 Å². The van der Waals surface area contributed by atoms with Crippen LogP contribution in [0.1, 0.15) is 24.5 Å². The first-order valence-corrected chi connectivity index (χ1v) is 7.05. The molecular weight excluding hydrogens is 263 g/mol. The van der Waals surface area contributed by atoms with E-state index in [-0.39, 0.29) is 5.56 Å². The van der Waals surface area contributed by atoms with Crippen LogP contribution in [-0.4, -0.2) is 12.2 Å². The van der Waals surface area contributed by atoms with Crippen molar-refractivity contribution in [3.63, 3.8) is 0 Å². The number of benzene rings is 1. The maximum absolute atomic E-state index is 14.0. The average molecular weight is 280 g/mol. The first kappa shape index (κ1) is 14.0. The van der Waals surface area contributed by atoms with Gasteiger partial charge in [-0.3, -0.25) is 0 Å². The molecule has 0 bridgehead atoms. The fourth-order valence-corrected chi connectivity index (χ4v) is 2.85. The van der Waals surface area contributed by atoms with Gasteiger partial charge in [-0.15, -0.1) is 0 Å². The summed E-state index contributed by atoms with van der Waals surface area (Å²) in [5.41, 5.74) is 0.131. The van der Waals surface area contributed by atoms with Crippen LogP contribution in [0.3, 0.4) is 0 Å². The summed E-state index contributed by atoms with van der Waals surface area (Å²) in [4.78, 5) is 0. The smallest absolute Gasteiger partial charge is 0.133 e. The van der Waals surface area contributed by atoms with Gasteiger partial charge in [0, 0.05) is 0 Å². The molecule has 4 heteroatoms. The van der Waals surface area contributed by atoms with Crippen molar-refractivity contribution in [3.05, 3.63) is 52.0 Å². The minimum absolute atomic E-state index is 0.229. The molecule has 0 radical (unpaired) electrons. The molecule has 1 atom stereocenters. The molecule has 0 amide bonds. The zero-order chi connectivity index (χ0) is 13.9. The van der Waals surface area contributed by atoms with Gasteiger partial charge in [-0.05, 0) is 54.3 Å². The third-order valence-electron chi connectivity index (χ3n) is 3.21. The Morgan fingerprint density at radius 3 is 2.79 bits per heavy atom. The summed E-state index contributed by atoms with van der Waals surface area (Å²) >= 11 is 1.62. The van der Waals surface area contributed by atoms with Crippen molar-refractivity contribution in [2.75, 3.05) is 7.11 Å². The number of rotatable bonds is 5. The third kappa shape index (κ3) is 3.14. The number of thiophene rings is 1. The van der Waals surface area contributed by atoms with E-state index in [1.165, 1.54) is 13.2 Å². The molecule has 2 nitrogen and oxygen atoms in total. The Bertz CT molecular complexity index is 535. The van der Waals surface area contributed by atoms with Crippen LogP contribution in [0.4, 0.5) is 4.39 Å². The zero-order valence-corrected chi connectivity index (χ0v) is 11.8. The Balaban J connectivity index is 2.23. The van der Waals surface area contributed by atoms with Crippen LogP contribution >= 0.6 is 11.3 Å². The van der Waals surface area contributed by atoms with Gasteiger partial charge in [-0.25, -0.2) is 4.39 Å². The highest BCUT2D eigenvalue weighted by Crippen LogP contribution is 2.35. The lowest BCUT2D eigenvalue weighted by Gasteiger charge is -2.26. The van der Waals surface area contributed by atoms with E-state index in [0.717, 1.165) is 5.56 Å². The van der Waals surface area contributed by atoms with Crippen LogP contribution in [0, 0.1) is 5.82 Å². The van der Waals surface area contributed by atoms with Gasteiger partial charge in [0.1, 0.15) is 11.6 Å². The molecule has 2 aromatic rings. The Kier molecular flexibility index (Phi) is 4.22. The summed E-state index contributed by atoms with van der Waals surface area (Å²) in [5.74, 6) is -0.0509. The van der Waals surface area contributed by atoms with Crippen molar-refractivity contribution < 1.29 is 14.2 Å². The molecule has 0 saturated heterocycles. The molecular formula is C15H17FO2S. The third-order valence-corrected chi connectivity index (χ3v) is 3.95. The molecule has 19 heavy (non-hydrogen) atoms. The summed E-state index contributed by atoms with van der Waals surface area (Å²) in [7, 11) is 1.48. The summed E-state index contributed by atoms with van der Waals surface area (Å²) in [6.45, 7) is 1.63. The molecule has 0 aliphatic rings. The Labute approximate surface area is 116 Å². The lowest BCUT2D eigenvalue weighted by molar-refractivity contribution is 0.0417. The predicted octanol–water partition coefficient (Wildman–Crippen LogP) is 3.74. The van der Waals surface area contributed by atoms with Gasteiger partial charge in [0.15, 0.2) is 0 Å². The highest BCUT2D eigenvalue weighted by atomic mass is 32.1. The van der Waals surface area contributed by atoms with E-state index in [4.69, 9.17) is 4.74 Å². The van der Waals surface area contributed by atoms with Gasteiger partial charge in [-0.2, -0.15) is 11.3 Å². The maximum Gasteiger partial charge on any atom is 0.133 e. The van der Waals surface area contributed by atoms with Crippen molar-refractivity contribution in [2.45, 2.75) is 25.4 Å². The lowest BCUT2D eigenvalue weighted by atomic mass is 9.89. The molecule has 0 saturated carbocycles. The number of hydrogen-bond acceptors (Lipinski definition) is 3. The highest BCUT2D eigenvalue weighted by molar-refractivity contribution is 7.07. The topological polar surface area (TPSA) is 29.5 Å². The van der Waals surface area contributed by atoms with Crippen LogP contribution in [0.5, 0.6) is 5.75 Å². The molecule has 102 valence electrons. The summed E-state index contributed by atoms with van der Waals surface area (Å²) in [5, 5.41) is 14.6. The van der Waals surface area contributed by atoms with Gasteiger partial charge in [0.2, 0.25) is 0 Å². The summed E-state index contributed by atoms with van der Waals surface area (Å²) in [6, 6.07) is 6.60. The minimum Gasteiger partial charge on any atom is -0.496 e. The van der Waals surface area contributed by atoms with E-state index in [9.17, 15) is 9.50 Å². The van der Waals surface area contributed by atoms with Gasteiger partial charge in [-0.1, -0.05) is 6.07 Å². The van der Waals surface area contributed by atoms with E-state index in [1.807, 2.05) is 16.8 Å². The van der Waals surface area contributed by atoms with E-state index in [1.54, 1.807) is 30.4 Å². The lowest BCUT2D eigenvalue weighted by Crippen LogP contribution is -2.24. The van der Waals surface area contributed by atoms with Crippen LogP contribution in [0.2, 0.25) is 0 Å². The van der Waals surface area contributed by atoms with Crippen LogP contribution in [0.25, 0.3) is 0 Å². The number of aliphatic hydroxyl groups is 1. The molecule has 1 N–H and O–H groups in total. The van der Waals surface area contributed by atoms with E-state index < -0.39 is 11.4 Å². The Hall–Kier alpha value is -1.39. The molecule has 1 unspecified atom stereocenters. The predicted molar refractivity (Wildman–Crippen MR) is 75.2 cm³/mol. The quantitative estimate of drug-likeness (QED) is 0.904. The second-order valence-corrected chi connectivity index (χ2v) is 5.50. The van der Waals surface area contributed by atoms with Crippen molar-refractivity contribution in [2.24, 2.45) is 0 Å². The van der Waals surface area contributed by atoms with E-state index in [2.05, 4.69) is 0 Å². The molecule has 1 heterocycles. The largest absolute Gasteiger partial charge is 0.496 e. The van der Waals surface area contributed by atoms with E-state index in [0.29, 0.717) is 18.6 Å². The number of hydrogen-bond donors (Lipinski definition) is 1. The van der Waals surface area contributed by atoms with Crippen LogP contribution < -0.4 is 4.74 Å². The standard InChI is InChI=1S/C15H17FO2S/c1-15(17,8-6-11-7-9-19-10-11)14-12(16)4-3-5-13(14)18-2/h3-5,7,9-10,17H,6,8H2,1-2H3. The number of ether oxygens (including phenoxy) is 1. The monoisotopic (exact) mass is 280 g/mol. The molecule has 0 fully saturated rings. The van der Waals surface area contributed by atoms with Crippen molar-refractivity contribution in [1.82, 2.24) is 0 Å². The molecule has 1 aromatic heterocycles. The van der Waals surface area contributed by atoms with Gasteiger partial charge in [0.25, 0.3) is 0 Å². The number of halogens is 1. The summed E-state index contributed by atoms with van der Waals surface area (Å²) < 4.78 is 19.1. The summed E-state index contributed by atoms with van der Waals surface area (Å²) in [6.07, 6.45) is 1.15. The molecule has 0 spiro atoms. The Morgan fingerprint density at radius 2 is 2.16 bits per heavy atom. The second kappa shape index (κ2) is 5.72. The van der Waals surface area contributed by atoms with Gasteiger partial charge in [0.05, 0.1) is 18.3 Å². The normalized spacial score (nSPS) is 14.1. The van der Waals surface area contributed by atoms with Crippen LogP contribution in [-0.2, 0) is 12.0 Å². The number of methoxy groups -OCH3 is 1. The molecule has 2 rings (SSSR count). The molecule has 1 aromatic carbocycles. The number of aryl methyl sites for hydroxylation is 1. The minimum atomic E-state index is -1.25. The van der Waals surface area contributed by atoms with Crippen molar-refractivity contribution in [1.29, 1.82) is 0 Å². The van der Waals surface area contributed by atoms with Crippen molar-refractivity contribution in [3.8, 4) is 5.75 Å². The first-order chi connectivity index (χ1) is 9.04. The fourth-order valence-electron chi connectivity index (χ4n) is 2.14. The molecule has 0 aliphatic heterocycles. The van der Waals surface area contributed by atoms with Crippen LogP contribution in [0.15, 0.2) is 35.0 Å². The average Bonchev–Trinajstić information content (AvgIpc) is 2.89. The molecule has 0 aliphatic carbocycles. The van der Waals surface area contributed by atoms with Crippen molar-refractivity contribution >= 4 is 11.3 Å². The maximum atomic E-state index is 14.0. The first-order valence-electron chi connectivity index (χ1n) is 6.11. The fraction of sp³-hybridized carbons (Fsp3) is 0.333. The van der Waals surface area contributed by atoms with E-state index >= 15 is 0 Å². The van der Waals surface area contributed by atoms with Gasteiger partial charge < -0.3 is 9.84 Å². The SMILES string of the molecule is COc1cccc(F)c1C(C)(O)CCc1ccsc1. The Morgan fingerprint density at radius 1 is 1.37 bits per heavy atom.